The third-order valence-corrected chi connectivity index (χ3v) is 2.40. The van der Waals surface area contributed by atoms with Crippen molar-refractivity contribution in [3.63, 3.8) is 0 Å². The summed E-state index contributed by atoms with van der Waals surface area (Å²) < 4.78 is 13.3. The molecule has 0 N–H and O–H groups in total. The molecule has 0 heterocycles. The van der Waals surface area contributed by atoms with Gasteiger partial charge < -0.3 is 0 Å². The van der Waals surface area contributed by atoms with Crippen LogP contribution in [0, 0.1) is 5.82 Å². The molecule has 0 aliphatic rings. The van der Waals surface area contributed by atoms with Gasteiger partial charge in [0.2, 0.25) is 0 Å². The predicted molar refractivity (Wildman–Crippen MR) is 49.1 cm³/mol. The maximum atomic E-state index is 13.0. The van der Waals surface area contributed by atoms with E-state index in [0.29, 0.717) is 0 Å². The smallest absolute Gasteiger partial charge is 0.161 e. The van der Waals surface area contributed by atoms with Gasteiger partial charge in [-0.15, -0.1) is 0 Å². The molecule has 1 aromatic rings. The molecule has 0 aliphatic heterocycles. The van der Waals surface area contributed by atoms with Gasteiger partial charge in [0.25, 0.3) is 0 Å². The van der Waals surface area contributed by atoms with Crippen molar-refractivity contribution in [1.82, 2.24) is 0 Å². The van der Waals surface area contributed by atoms with E-state index in [1.54, 1.807) is 0 Å². The Hall–Kier alpha value is -0.410. The van der Waals surface area contributed by atoms with E-state index in [2.05, 4.69) is 15.9 Å². The van der Waals surface area contributed by atoms with Crippen LogP contribution in [-0.2, 0) is 0 Å². The summed E-state index contributed by atoms with van der Waals surface area (Å²) >= 11 is 8.53. The van der Waals surface area contributed by atoms with Gasteiger partial charge >= 0.3 is 0 Å². The lowest BCUT2D eigenvalue weighted by Crippen LogP contribution is -1.95. The second-order valence-electron chi connectivity index (χ2n) is 2.28. The lowest BCUT2D eigenvalue weighted by Gasteiger charge is -2.01. The first-order chi connectivity index (χ1) is 5.54. The van der Waals surface area contributed by atoms with Gasteiger partial charge in [0.15, 0.2) is 11.6 Å². The summed E-state index contributed by atoms with van der Waals surface area (Å²) in [4.78, 5) is 10.9. The average Bonchev–Trinajstić information content (AvgIpc) is 2.00. The van der Waals surface area contributed by atoms with Crippen LogP contribution >= 0.6 is 27.5 Å². The fraction of sp³-hybridized carbons (Fsp3) is 0.125. The van der Waals surface area contributed by atoms with Gasteiger partial charge in [0.05, 0.1) is 9.50 Å². The largest absolute Gasteiger partial charge is 0.294 e. The number of Topliss-reactive ketones (excluding diaryl/α,β-unsaturated/α-hetero) is 1. The van der Waals surface area contributed by atoms with Crippen LogP contribution in [0.15, 0.2) is 16.6 Å². The van der Waals surface area contributed by atoms with E-state index in [4.69, 9.17) is 11.6 Å². The first-order valence-electron chi connectivity index (χ1n) is 3.18. The van der Waals surface area contributed by atoms with Gasteiger partial charge in [-0.1, -0.05) is 11.6 Å². The van der Waals surface area contributed by atoms with Crippen LogP contribution in [-0.4, -0.2) is 5.78 Å². The third-order valence-electron chi connectivity index (χ3n) is 1.41. The molecule has 0 unspecified atom stereocenters. The summed E-state index contributed by atoms with van der Waals surface area (Å²) in [5.74, 6) is -0.837. The van der Waals surface area contributed by atoms with E-state index in [1.165, 1.54) is 19.1 Å². The summed E-state index contributed by atoms with van der Waals surface area (Å²) in [7, 11) is 0. The maximum absolute atomic E-state index is 13.0. The second-order valence-corrected chi connectivity index (χ2v) is 3.51. The molecule has 0 saturated carbocycles. The first-order valence-corrected chi connectivity index (χ1v) is 4.35. The number of carbonyl (C=O) groups excluding carboxylic acids is 1. The fourth-order valence-corrected chi connectivity index (χ4v) is 1.54. The van der Waals surface area contributed by atoms with Gasteiger partial charge in [-0.05, 0) is 35.0 Å². The fourth-order valence-electron chi connectivity index (χ4n) is 0.798. The highest BCUT2D eigenvalue weighted by Gasteiger charge is 2.12. The highest BCUT2D eigenvalue weighted by atomic mass is 79.9. The lowest BCUT2D eigenvalue weighted by molar-refractivity contribution is 0.101. The molecule has 1 rings (SSSR count). The van der Waals surface area contributed by atoms with E-state index in [9.17, 15) is 9.18 Å². The molecule has 0 atom stereocenters. The molecule has 0 amide bonds. The Labute approximate surface area is 82.7 Å². The van der Waals surface area contributed by atoms with Crippen molar-refractivity contribution in [1.29, 1.82) is 0 Å². The number of hydrogen-bond acceptors (Lipinski definition) is 1. The number of rotatable bonds is 1. The molecule has 0 radical (unpaired) electrons. The minimum absolute atomic E-state index is 0.128. The van der Waals surface area contributed by atoms with Crippen LogP contribution < -0.4 is 0 Å². The van der Waals surface area contributed by atoms with Crippen molar-refractivity contribution in [2.24, 2.45) is 0 Å². The van der Waals surface area contributed by atoms with E-state index < -0.39 is 5.82 Å². The summed E-state index contributed by atoms with van der Waals surface area (Å²) in [6.45, 7) is 1.34. The Morgan fingerprint density at radius 1 is 1.58 bits per heavy atom. The van der Waals surface area contributed by atoms with Crippen molar-refractivity contribution in [2.45, 2.75) is 6.92 Å². The topological polar surface area (TPSA) is 17.1 Å². The van der Waals surface area contributed by atoms with Crippen LogP contribution in [0.4, 0.5) is 4.39 Å². The summed E-state index contributed by atoms with van der Waals surface area (Å²) in [6.07, 6.45) is 0. The van der Waals surface area contributed by atoms with Gasteiger partial charge in [-0.3, -0.25) is 4.79 Å². The van der Waals surface area contributed by atoms with Crippen LogP contribution in [0.2, 0.25) is 5.02 Å². The van der Waals surface area contributed by atoms with Gasteiger partial charge in [-0.25, -0.2) is 4.39 Å². The first kappa shape index (κ1) is 9.68. The van der Waals surface area contributed by atoms with E-state index in [-0.39, 0.29) is 20.8 Å². The molecule has 0 fully saturated rings. The van der Waals surface area contributed by atoms with Gasteiger partial charge in [-0.2, -0.15) is 0 Å². The Morgan fingerprint density at radius 2 is 2.17 bits per heavy atom. The number of hydrogen-bond donors (Lipinski definition) is 0. The molecular formula is C8H5BrClFO. The van der Waals surface area contributed by atoms with Crippen molar-refractivity contribution in [3.05, 3.63) is 33.0 Å². The van der Waals surface area contributed by atoms with Crippen LogP contribution in [0.5, 0.6) is 0 Å². The molecule has 0 spiro atoms. The van der Waals surface area contributed by atoms with Crippen LogP contribution in [0.3, 0.4) is 0 Å². The van der Waals surface area contributed by atoms with Crippen molar-refractivity contribution in [2.75, 3.05) is 0 Å². The summed E-state index contributed by atoms with van der Waals surface area (Å²) in [6, 6.07) is 2.94. The minimum atomic E-state index is -0.593. The molecule has 0 bridgehead atoms. The molecule has 0 saturated heterocycles. The van der Waals surface area contributed by atoms with Crippen LogP contribution in [0.1, 0.15) is 17.3 Å². The Morgan fingerprint density at radius 3 is 2.67 bits per heavy atom. The SMILES string of the molecule is CC(=O)c1ccc(Br)c(F)c1Cl. The standard InChI is InChI=1S/C8H5BrClFO/c1-4(12)5-2-3-6(9)8(11)7(5)10/h2-3H,1H3. The molecule has 1 nitrogen and oxygen atoms in total. The van der Waals surface area contributed by atoms with E-state index in [0.717, 1.165) is 0 Å². The normalized spacial score (nSPS) is 10.0. The second kappa shape index (κ2) is 3.54. The Kier molecular flexibility index (Phi) is 2.85. The predicted octanol–water partition coefficient (Wildman–Crippen LogP) is 3.44. The number of carbonyl (C=O) groups is 1. The van der Waals surface area contributed by atoms with Gasteiger partial charge in [0, 0.05) is 5.56 Å². The third kappa shape index (κ3) is 1.67. The molecule has 0 aliphatic carbocycles. The summed E-state index contributed by atoms with van der Waals surface area (Å²) in [5.41, 5.74) is 0.206. The zero-order valence-electron chi connectivity index (χ0n) is 6.20. The van der Waals surface area contributed by atoms with Crippen molar-refractivity contribution >= 4 is 33.3 Å². The zero-order chi connectivity index (χ0) is 9.30. The molecule has 64 valence electrons. The molecule has 1 aromatic carbocycles. The Bertz CT molecular complexity index is 338. The molecule has 0 aromatic heterocycles. The molecule has 12 heavy (non-hydrogen) atoms. The van der Waals surface area contributed by atoms with E-state index in [1.807, 2.05) is 0 Å². The number of ketones is 1. The lowest BCUT2D eigenvalue weighted by atomic mass is 10.1. The average molecular weight is 251 g/mol. The maximum Gasteiger partial charge on any atom is 0.161 e. The Balaban J connectivity index is 3.36. The monoisotopic (exact) mass is 250 g/mol. The van der Waals surface area contributed by atoms with Crippen LogP contribution in [0.25, 0.3) is 0 Å². The quantitative estimate of drug-likeness (QED) is 0.552. The highest BCUT2D eigenvalue weighted by molar-refractivity contribution is 9.10. The van der Waals surface area contributed by atoms with Gasteiger partial charge in [0.1, 0.15) is 0 Å². The van der Waals surface area contributed by atoms with E-state index >= 15 is 0 Å². The van der Waals surface area contributed by atoms with Crippen molar-refractivity contribution < 1.29 is 9.18 Å². The molecule has 4 heteroatoms. The van der Waals surface area contributed by atoms with Crippen molar-refractivity contribution in [3.8, 4) is 0 Å². The number of benzene rings is 1. The molecular weight excluding hydrogens is 246 g/mol. The summed E-state index contributed by atoms with van der Waals surface area (Å²) in [5, 5.41) is -0.128. The zero-order valence-corrected chi connectivity index (χ0v) is 8.54. The minimum Gasteiger partial charge on any atom is -0.294 e. The highest BCUT2D eigenvalue weighted by Crippen LogP contribution is 2.26. The number of halogens is 3.